The van der Waals surface area contributed by atoms with Crippen molar-refractivity contribution >= 4 is 34.7 Å². The first-order valence-corrected chi connectivity index (χ1v) is 7.17. The molecule has 0 fully saturated rings. The minimum Gasteiger partial charge on any atom is -0.483 e. The number of carbonyl (C=O) groups is 1. The number of carbonyl (C=O) groups excluding carboxylic acids is 1. The Morgan fingerprint density at radius 1 is 1.50 bits per heavy atom. The predicted molar refractivity (Wildman–Crippen MR) is 85.3 cm³/mol. The van der Waals surface area contributed by atoms with Crippen molar-refractivity contribution in [2.24, 2.45) is 11.7 Å². The first-order chi connectivity index (χ1) is 9.40. The van der Waals surface area contributed by atoms with Crippen LogP contribution in [0.15, 0.2) is 18.2 Å². The lowest BCUT2D eigenvalue weighted by atomic mass is 10.1. The fourth-order valence-corrected chi connectivity index (χ4v) is 1.84. The van der Waals surface area contributed by atoms with Crippen molar-refractivity contribution < 1.29 is 9.53 Å². The number of amides is 1. The van der Waals surface area contributed by atoms with Gasteiger partial charge in [0.1, 0.15) is 10.7 Å². The van der Waals surface area contributed by atoms with Gasteiger partial charge in [-0.05, 0) is 30.5 Å². The molecule has 0 aliphatic carbocycles. The fraction of sp³-hybridized carbons (Fsp3) is 0.429. The van der Waals surface area contributed by atoms with E-state index in [1.807, 2.05) is 0 Å². The van der Waals surface area contributed by atoms with E-state index in [1.54, 1.807) is 18.2 Å². The Morgan fingerprint density at radius 3 is 2.80 bits per heavy atom. The van der Waals surface area contributed by atoms with E-state index in [9.17, 15) is 4.79 Å². The van der Waals surface area contributed by atoms with Crippen LogP contribution >= 0.6 is 23.8 Å². The van der Waals surface area contributed by atoms with Gasteiger partial charge in [0.05, 0.1) is 5.56 Å². The van der Waals surface area contributed by atoms with Crippen LogP contribution in [-0.4, -0.2) is 24.0 Å². The van der Waals surface area contributed by atoms with Gasteiger partial charge in [-0.2, -0.15) is 0 Å². The Kier molecular flexibility index (Phi) is 6.75. The zero-order chi connectivity index (χ0) is 15.1. The van der Waals surface area contributed by atoms with E-state index in [1.165, 1.54) is 0 Å². The molecule has 3 N–H and O–H groups in total. The highest BCUT2D eigenvalue weighted by molar-refractivity contribution is 7.80. The third-order valence-corrected chi connectivity index (χ3v) is 3.07. The first kappa shape index (κ1) is 16.7. The maximum absolute atomic E-state index is 11.6. The molecule has 1 aromatic carbocycles. The Bertz CT molecular complexity index is 492. The topological polar surface area (TPSA) is 64.3 Å². The molecular formula is C14H19ClN2O2S. The van der Waals surface area contributed by atoms with Gasteiger partial charge < -0.3 is 15.8 Å². The van der Waals surface area contributed by atoms with Crippen LogP contribution in [0, 0.1) is 5.92 Å². The van der Waals surface area contributed by atoms with Crippen LogP contribution in [0.3, 0.4) is 0 Å². The molecule has 0 saturated heterocycles. The average Bonchev–Trinajstić information content (AvgIpc) is 2.35. The lowest BCUT2D eigenvalue weighted by Gasteiger charge is -2.11. The monoisotopic (exact) mass is 314 g/mol. The van der Waals surface area contributed by atoms with Gasteiger partial charge >= 0.3 is 0 Å². The Labute approximate surface area is 129 Å². The zero-order valence-electron chi connectivity index (χ0n) is 11.6. The molecule has 0 atom stereocenters. The summed E-state index contributed by atoms with van der Waals surface area (Å²) in [4.78, 5) is 11.8. The summed E-state index contributed by atoms with van der Waals surface area (Å²) in [5.41, 5.74) is 6.16. The van der Waals surface area contributed by atoms with Crippen molar-refractivity contribution in [3.05, 3.63) is 28.8 Å². The molecule has 4 nitrogen and oxygen atoms in total. The fourth-order valence-electron chi connectivity index (χ4n) is 1.51. The largest absolute Gasteiger partial charge is 0.483 e. The third kappa shape index (κ3) is 5.75. The number of nitrogens with two attached hydrogens (primary N) is 1. The molecule has 0 radical (unpaired) electrons. The Balaban J connectivity index is 2.54. The molecule has 0 saturated carbocycles. The molecule has 0 spiro atoms. The highest BCUT2D eigenvalue weighted by Gasteiger charge is 2.09. The molecule has 0 aromatic heterocycles. The van der Waals surface area contributed by atoms with Crippen molar-refractivity contribution in [2.45, 2.75) is 20.3 Å². The Morgan fingerprint density at radius 2 is 2.20 bits per heavy atom. The summed E-state index contributed by atoms with van der Waals surface area (Å²) >= 11 is 10.8. The molecule has 1 aromatic rings. The SMILES string of the molecule is CC(C)CCNC(=O)COc1cc(Cl)ccc1C(N)=S. The van der Waals surface area contributed by atoms with Crippen LogP contribution in [0.25, 0.3) is 0 Å². The van der Waals surface area contributed by atoms with Crippen LogP contribution in [0.2, 0.25) is 5.02 Å². The van der Waals surface area contributed by atoms with Gasteiger partial charge in [0.15, 0.2) is 6.61 Å². The number of ether oxygens (including phenoxy) is 1. The normalized spacial score (nSPS) is 10.4. The summed E-state index contributed by atoms with van der Waals surface area (Å²) in [5.74, 6) is 0.786. The van der Waals surface area contributed by atoms with Crippen molar-refractivity contribution in [1.82, 2.24) is 5.32 Å². The number of thiocarbonyl (C=S) groups is 1. The van der Waals surface area contributed by atoms with Crippen molar-refractivity contribution in [3.8, 4) is 5.75 Å². The van der Waals surface area contributed by atoms with Crippen LogP contribution < -0.4 is 15.8 Å². The second-order valence-corrected chi connectivity index (χ2v) is 5.70. The van der Waals surface area contributed by atoms with Crippen LogP contribution in [-0.2, 0) is 4.79 Å². The van der Waals surface area contributed by atoms with E-state index in [4.69, 9.17) is 34.3 Å². The molecule has 0 unspecified atom stereocenters. The highest BCUT2D eigenvalue weighted by atomic mass is 35.5. The van der Waals surface area contributed by atoms with E-state index in [2.05, 4.69) is 19.2 Å². The summed E-state index contributed by atoms with van der Waals surface area (Å²) in [6, 6.07) is 4.94. The summed E-state index contributed by atoms with van der Waals surface area (Å²) in [6.45, 7) is 4.75. The van der Waals surface area contributed by atoms with Crippen molar-refractivity contribution in [3.63, 3.8) is 0 Å². The Hall–Kier alpha value is -1.33. The standard InChI is InChI=1S/C14H19ClN2O2S/c1-9(2)5-6-17-13(18)8-19-12-7-10(15)3-4-11(12)14(16)20/h3-4,7,9H,5-6,8H2,1-2H3,(H2,16,20)(H,17,18). The average molecular weight is 315 g/mol. The van der Waals surface area contributed by atoms with Crippen LogP contribution in [0.4, 0.5) is 0 Å². The van der Waals surface area contributed by atoms with E-state index in [-0.39, 0.29) is 17.5 Å². The molecule has 6 heteroatoms. The maximum atomic E-state index is 11.6. The molecule has 20 heavy (non-hydrogen) atoms. The smallest absolute Gasteiger partial charge is 0.257 e. The number of nitrogens with one attached hydrogen (secondary N) is 1. The second-order valence-electron chi connectivity index (χ2n) is 4.83. The second kappa shape index (κ2) is 8.07. The molecule has 110 valence electrons. The zero-order valence-corrected chi connectivity index (χ0v) is 13.2. The van der Waals surface area contributed by atoms with E-state index in [0.29, 0.717) is 28.8 Å². The molecule has 1 amide bonds. The van der Waals surface area contributed by atoms with E-state index in [0.717, 1.165) is 6.42 Å². The summed E-state index contributed by atoms with van der Waals surface area (Å²) in [7, 11) is 0. The van der Waals surface area contributed by atoms with Gasteiger partial charge in [0.25, 0.3) is 5.91 Å². The molecular weight excluding hydrogens is 296 g/mol. The van der Waals surface area contributed by atoms with Gasteiger partial charge in [-0.3, -0.25) is 4.79 Å². The quantitative estimate of drug-likeness (QED) is 0.759. The number of benzene rings is 1. The van der Waals surface area contributed by atoms with Crippen molar-refractivity contribution in [1.29, 1.82) is 0 Å². The van der Waals surface area contributed by atoms with E-state index < -0.39 is 0 Å². The first-order valence-electron chi connectivity index (χ1n) is 6.39. The number of hydrogen-bond donors (Lipinski definition) is 2. The summed E-state index contributed by atoms with van der Waals surface area (Å²) in [6.07, 6.45) is 0.932. The molecule has 0 bridgehead atoms. The van der Waals surface area contributed by atoms with Gasteiger partial charge in [-0.1, -0.05) is 37.7 Å². The maximum Gasteiger partial charge on any atom is 0.257 e. The van der Waals surface area contributed by atoms with Crippen molar-refractivity contribution in [2.75, 3.05) is 13.2 Å². The lowest BCUT2D eigenvalue weighted by molar-refractivity contribution is -0.123. The minimum atomic E-state index is -0.181. The molecule has 0 aliphatic heterocycles. The number of halogens is 1. The summed E-state index contributed by atoms with van der Waals surface area (Å²) in [5, 5.41) is 3.29. The third-order valence-electron chi connectivity index (χ3n) is 2.61. The van der Waals surface area contributed by atoms with Gasteiger partial charge in [-0.25, -0.2) is 0 Å². The van der Waals surface area contributed by atoms with Gasteiger partial charge in [0, 0.05) is 11.6 Å². The van der Waals surface area contributed by atoms with Crippen LogP contribution in [0.5, 0.6) is 5.75 Å². The van der Waals surface area contributed by atoms with E-state index >= 15 is 0 Å². The predicted octanol–water partition coefficient (Wildman–Crippen LogP) is 2.52. The molecule has 0 heterocycles. The number of rotatable bonds is 7. The van der Waals surface area contributed by atoms with Gasteiger partial charge in [-0.15, -0.1) is 0 Å². The highest BCUT2D eigenvalue weighted by Crippen LogP contribution is 2.23. The number of hydrogen-bond acceptors (Lipinski definition) is 3. The van der Waals surface area contributed by atoms with Crippen LogP contribution in [0.1, 0.15) is 25.8 Å². The molecule has 1 rings (SSSR count). The lowest BCUT2D eigenvalue weighted by Crippen LogP contribution is -2.30. The summed E-state index contributed by atoms with van der Waals surface area (Å²) < 4.78 is 5.43. The van der Waals surface area contributed by atoms with Gasteiger partial charge in [0.2, 0.25) is 0 Å². The minimum absolute atomic E-state index is 0.0892. The molecule has 0 aliphatic rings.